The molecule has 1 aromatic carbocycles. The Labute approximate surface area is 118 Å². The maximum absolute atomic E-state index is 13.6. The molecule has 0 aromatic heterocycles. The zero-order chi connectivity index (χ0) is 14.8. The molecule has 0 amide bonds. The minimum absolute atomic E-state index is 0.130. The lowest BCUT2D eigenvalue weighted by Gasteiger charge is -2.26. The summed E-state index contributed by atoms with van der Waals surface area (Å²) < 4.78 is 42.2. The van der Waals surface area contributed by atoms with E-state index in [0.717, 1.165) is 6.42 Å². The molecule has 1 N–H and O–H groups in total. The molecule has 0 bridgehead atoms. The highest BCUT2D eigenvalue weighted by Crippen LogP contribution is 2.25. The van der Waals surface area contributed by atoms with Crippen LogP contribution in [0.2, 0.25) is 0 Å². The van der Waals surface area contributed by atoms with Crippen LogP contribution in [0, 0.1) is 5.82 Å². The number of benzene rings is 1. The summed E-state index contributed by atoms with van der Waals surface area (Å²) in [5, 5.41) is 9.41. The Hall–Kier alpha value is -1.14. The molecule has 0 spiro atoms. The van der Waals surface area contributed by atoms with E-state index in [1.54, 1.807) is 6.07 Å². The highest BCUT2D eigenvalue weighted by molar-refractivity contribution is 7.92. The van der Waals surface area contributed by atoms with E-state index < -0.39 is 27.0 Å². The van der Waals surface area contributed by atoms with Crippen molar-refractivity contribution in [1.29, 1.82) is 0 Å². The number of aliphatic hydroxyl groups excluding tert-OH is 1. The fraction of sp³-hybridized carbons (Fsp3) is 0.571. The number of halogens is 1. The van der Waals surface area contributed by atoms with Crippen molar-refractivity contribution in [3.05, 3.63) is 29.6 Å². The molecular formula is C14H19FO4S. The second kappa shape index (κ2) is 6.10. The van der Waals surface area contributed by atoms with Gasteiger partial charge in [-0.25, -0.2) is 12.8 Å². The van der Waals surface area contributed by atoms with E-state index in [1.165, 1.54) is 19.2 Å². The summed E-state index contributed by atoms with van der Waals surface area (Å²) in [6, 6.07) is 4.39. The molecule has 0 saturated carbocycles. The first-order valence-electron chi connectivity index (χ1n) is 6.66. The van der Waals surface area contributed by atoms with Crippen molar-refractivity contribution < 1.29 is 22.7 Å². The molecular weight excluding hydrogens is 283 g/mol. The third-order valence-corrected chi connectivity index (χ3v) is 6.05. The molecule has 1 heterocycles. The molecule has 2 rings (SSSR count). The molecule has 1 aliphatic rings. The maximum Gasteiger partial charge on any atom is 0.165 e. The standard InChI is InChI=1S/C14H19FO4S/c1-19-13-6-5-10(8-11(13)15)9-12(16)14-4-2-3-7-20(14,17)18/h5-6,8,12,14,16H,2-4,7,9H2,1H3. The van der Waals surface area contributed by atoms with Crippen molar-refractivity contribution in [1.82, 2.24) is 0 Å². The van der Waals surface area contributed by atoms with Crippen molar-refractivity contribution in [2.75, 3.05) is 12.9 Å². The van der Waals surface area contributed by atoms with Crippen LogP contribution in [0.15, 0.2) is 18.2 Å². The van der Waals surface area contributed by atoms with Gasteiger partial charge in [-0.15, -0.1) is 0 Å². The average molecular weight is 302 g/mol. The number of hydrogen-bond acceptors (Lipinski definition) is 4. The highest BCUT2D eigenvalue weighted by Gasteiger charge is 2.34. The van der Waals surface area contributed by atoms with Gasteiger partial charge in [-0.05, 0) is 37.0 Å². The van der Waals surface area contributed by atoms with Gasteiger partial charge in [0.1, 0.15) is 0 Å². The summed E-state index contributed by atoms with van der Waals surface area (Å²) in [6.45, 7) is 0. The quantitative estimate of drug-likeness (QED) is 0.919. The number of sulfone groups is 1. The third-order valence-electron chi connectivity index (χ3n) is 3.72. The largest absolute Gasteiger partial charge is 0.494 e. The van der Waals surface area contributed by atoms with Crippen LogP contribution in [0.4, 0.5) is 4.39 Å². The van der Waals surface area contributed by atoms with Crippen LogP contribution in [0.5, 0.6) is 5.75 Å². The first kappa shape index (κ1) is 15.3. The van der Waals surface area contributed by atoms with E-state index in [-0.39, 0.29) is 17.9 Å². The first-order chi connectivity index (χ1) is 9.44. The van der Waals surface area contributed by atoms with Crippen molar-refractivity contribution in [3.63, 3.8) is 0 Å². The van der Waals surface area contributed by atoms with Crippen LogP contribution < -0.4 is 4.74 Å². The molecule has 1 fully saturated rings. The second-order valence-corrected chi connectivity index (χ2v) is 7.48. The Bertz CT molecular complexity index is 571. The summed E-state index contributed by atoms with van der Waals surface area (Å²) in [6.07, 6.45) is 1.07. The lowest BCUT2D eigenvalue weighted by Crippen LogP contribution is -2.39. The van der Waals surface area contributed by atoms with Gasteiger partial charge in [0.05, 0.1) is 24.2 Å². The Morgan fingerprint density at radius 2 is 2.20 bits per heavy atom. The average Bonchev–Trinajstić information content (AvgIpc) is 2.38. The Balaban J connectivity index is 2.11. The van der Waals surface area contributed by atoms with E-state index in [1.807, 2.05) is 0 Å². The summed E-state index contributed by atoms with van der Waals surface area (Å²) in [7, 11) is -1.86. The zero-order valence-electron chi connectivity index (χ0n) is 11.4. The van der Waals surface area contributed by atoms with Gasteiger partial charge >= 0.3 is 0 Å². The normalized spacial score (nSPS) is 23.2. The Kier molecular flexibility index (Phi) is 4.65. The first-order valence-corrected chi connectivity index (χ1v) is 8.37. The van der Waals surface area contributed by atoms with Gasteiger partial charge in [0.15, 0.2) is 21.4 Å². The lowest BCUT2D eigenvalue weighted by atomic mass is 10.0. The van der Waals surface area contributed by atoms with Crippen LogP contribution in [0.25, 0.3) is 0 Å². The number of methoxy groups -OCH3 is 1. The molecule has 0 radical (unpaired) electrons. The number of ether oxygens (including phenoxy) is 1. The summed E-state index contributed by atoms with van der Waals surface area (Å²) in [5.74, 6) is -0.247. The van der Waals surface area contributed by atoms with Gasteiger partial charge in [-0.2, -0.15) is 0 Å². The minimum atomic E-state index is -3.23. The number of aliphatic hydroxyl groups is 1. The van der Waals surface area contributed by atoms with Crippen LogP contribution in [0.3, 0.4) is 0 Å². The molecule has 0 aliphatic carbocycles. The van der Waals surface area contributed by atoms with Crippen LogP contribution >= 0.6 is 0 Å². The molecule has 1 aliphatic heterocycles. The van der Waals surface area contributed by atoms with E-state index >= 15 is 0 Å². The second-order valence-electron chi connectivity index (χ2n) is 5.14. The topological polar surface area (TPSA) is 63.6 Å². The van der Waals surface area contributed by atoms with Gasteiger partial charge in [0, 0.05) is 0 Å². The minimum Gasteiger partial charge on any atom is -0.494 e. The van der Waals surface area contributed by atoms with Crippen molar-refractivity contribution in [2.45, 2.75) is 37.0 Å². The van der Waals surface area contributed by atoms with Gasteiger partial charge in [-0.1, -0.05) is 12.5 Å². The van der Waals surface area contributed by atoms with Crippen molar-refractivity contribution >= 4 is 9.84 Å². The Morgan fingerprint density at radius 3 is 2.80 bits per heavy atom. The van der Waals surface area contributed by atoms with E-state index in [4.69, 9.17) is 4.74 Å². The SMILES string of the molecule is COc1ccc(CC(O)C2CCCCS2(=O)=O)cc1F. The van der Waals surface area contributed by atoms with Gasteiger partial charge in [0.25, 0.3) is 0 Å². The summed E-state index contributed by atoms with van der Waals surface area (Å²) in [4.78, 5) is 0. The summed E-state index contributed by atoms with van der Waals surface area (Å²) in [5.41, 5.74) is 0.566. The molecule has 2 unspecified atom stereocenters. The molecule has 2 atom stereocenters. The highest BCUT2D eigenvalue weighted by atomic mass is 32.2. The molecule has 4 nitrogen and oxygen atoms in total. The molecule has 1 saturated heterocycles. The smallest absolute Gasteiger partial charge is 0.165 e. The van der Waals surface area contributed by atoms with Crippen LogP contribution in [-0.4, -0.2) is 37.7 Å². The summed E-state index contributed by atoms with van der Waals surface area (Å²) >= 11 is 0. The van der Waals surface area contributed by atoms with Crippen LogP contribution in [0.1, 0.15) is 24.8 Å². The Morgan fingerprint density at radius 1 is 1.45 bits per heavy atom. The van der Waals surface area contributed by atoms with Gasteiger partial charge in [0.2, 0.25) is 0 Å². The monoisotopic (exact) mass is 302 g/mol. The number of rotatable bonds is 4. The van der Waals surface area contributed by atoms with Gasteiger partial charge in [-0.3, -0.25) is 0 Å². The maximum atomic E-state index is 13.6. The van der Waals surface area contributed by atoms with Crippen LogP contribution in [-0.2, 0) is 16.3 Å². The zero-order valence-corrected chi connectivity index (χ0v) is 12.2. The van der Waals surface area contributed by atoms with Crippen molar-refractivity contribution in [2.24, 2.45) is 0 Å². The number of hydrogen-bond donors (Lipinski definition) is 1. The van der Waals surface area contributed by atoms with Crippen molar-refractivity contribution in [3.8, 4) is 5.75 Å². The fourth-order valence-corrected chi connectivity index (χ4v) is 4.63. The third kappa shape index (κ3) is 3.30. The molecule has 112 valence electrons. The molecule has 20 heavy (non-hydrogen) atoms. The van der Waals surface area contributed by atoms with Gasteiger partial charge < -0.3 is 9.84 Å². The van der Waals surface area contributed by atoms with E-state index in [0.29, 0.717) is 18.4 Å². The predicted molar refractivity (Wildman–Crippen MR) is 74.1 cm³/mol. The fourth-order valence-electron chi connectivity index (χ4n) is 2.62. The molecule has 1 aromatic rings. The molecule has 6 heteroatoms. The van der Waals surface area contributed by atoms with E-state index in [9.17, 15) is 17.9 Å². The predicted octanol–water partition coefficient (Wildman–Crippen LogP) is 1.71. The lowest BCUT2D eigenvalue weighted by molar-refractivity contribution is 0.162. The van der Waals surface area contributed by atoms with E-state index in [2.05, 4.69) is 0 Å².